The average molecular weight is 519 g/mol. The monoisotopic (exact) mass is 518 g/mol. The molecule has 1 aliphatic heterocycles. The van der Waals surface area contributed by atoms with Gasteiger partial charge in [-0.15, -0.1) is 0 Å². The number of nitrogens with zero attached hydrogens (tertiary/aromatic N) is 2. The first-order valence-corrected chi connectivity index (χ1v) is 12.7. The van der Waals surface area contributed by atoms with Crippen molar-refractivity contribution in [2.24, 2.45) is 0 Å². The molecule has 7 nitrogen and oxygen atoms in total. The van der Waals surface area contributed by atoms with Gasteiger partial charge in [0.25, 0.3) is 11.5 Å². The number of aromatic nitrogens is 1. The Morgan fingerprint density at radius 1 is 1.05 bits per heavy atom. The molecule has 10 heteroatoms. The second-order valence-corrected chi connectivity index (χ2v) is 10.3. The van der Waals surface area contributed by atoms with Crippen molar-refractivity contribution in [3.05, 3.63) is 69.6 Å². The summed E-state index contributed by atoms with van der Waals surface area (Å²) < 4.78 is 40.3. The molecule has 0 radical (unpaired) electrons. The maximum atomic E-state index is 12.8. The first kappa shape index (κ1) is 26.9. The number of rotatable bonds is 7. The lowest BCUT2D eigenvalue weighted by molar-refractivity contribution is -0.137. The number of halogens is 3. The Hall–Kier alpha value is -3.14. The van der Waals surface area contributed by atoms with Gasteiger partial charge in [-0.3, -0.25) is 19.3 Å². The van der Waals surface area contributed by atoms with Crippen molar-refractivity contribution in [1.29, 1.82) is 0 Å². The number of benzene rings is 1. The molecule has 1 saturated carbocycles. The Kier molecular flexibility index (Phi) is 8.06. The fraction of sp³-hybridized carbons (Fsp3) is 0.519. The van der Waals surface area contributed by atoms with Gasteiger partial charge in [-0.05, 0) is 69.2 Å². The number of carbonyl (C=O) groups excluding carboxylic acids is 2. The van der Waals surface area contributed by atoms with Crippen molar-refractivity contribution in [2.75, 3.05) is 19.6 Å². The molecule has 2 amide bonds. The molecule has 37 heavy (non-hydrogen) atoms. The number of hydrogen-bond donors (Lipinski definition) is 2. The lowest BCUT2D eigenvalue weighted by atomic mass is 9.80. The molecular weight excluding hydrogens is 485 g/mol. The molecule has 0 bridgehead atoms. The second-order valence-electron chi connectivity index (χ2n) is 10.3. The Bertz CT molecular complexity index is 1180. The van der Waals surface area contributed by atoms with Crippen molar-refractivity contribution in [2.45, 2.75) is 69.8 Å². The van der Waals surface area contributed by atoms with E-state index in [1.165, 1.54) is 11.6 Å². The van der Waals surface area contributed by atoms with Crippen LogP contribution < -0.4 is 16.2 Å². The summed E-state index contributed by atoms with van der Waals surface area (Å²) >= 11 is 0. The molecule has 2 heterocycles. The van der Waals surface area contributed by atoms with Gasteiger partial charge in [-0.2, -0.15) is 13.2 Å². The van der Waals surface area contributed by atoms with Crippen LogP contribution in [0.25, 0.3) is 0 Å². The molecule has 4 rings (SSSR count). The van der Waals surface area contributed by atoms with Gasteiger partial charge in [0.15, 0.2) is 0 Å². The van der Waals surface area contributed by atoms with Crippen LogP contribution in [0.3, 0.4) is 0 Å². The van der Waals surface area contributed by atoms with Crippen LogP contribution in [0.4, 0.5) is 13.2 Å². The van der Waals surface area contributed by atoms with Gasteiger partial charge in [0, 0.05) is 43.0 Å². The summed E-state index contributed by atoms with van der Waals surface area (Å²) in [5.74, 6) is -0.648. The zero-order valence-electron chi connectivity index (χ0n) is 21.1. The van der Waals surface area contributed by atoms with Gasteiger partial charge in [-0.25, -0.2) is 0 Å². The molecule has 2 N–H and O–H groups in total. The van der Waals surface area contributed by atoms with Crippen molar-refractivity contribution in [3.8, 4) is 0 Å². The highest BCUT2D eigenvalue weighted by atomic mass is 19.4. The normalized spacial score (nSPS) is 20.9. The standard InChI is InChI=1S/C27H33F3N4O3/c1-17(2)34-14-20(8-11-25(34)36)18-6-9-23(10-7-18)33-15-22(16-33)32-24(35)13-31-26(37)19-4-3-5-21(12-19)27(28,29)30/h3-5,8,11-12,14,17-18,22-23H,6-7,9-10,13,15-16H2,1-2H3,(H,31,37)(H,32,35). The summed E-state index contributed by atoms with van der Waals surface area (Å²) in [6, 6.07) is 8.30. The van der Waals surface area contributed by atoms with Crippen LogP contribution in [0.2, 0.25) is 0 Å². The number of pyridine rings is 1. The van der Waals surface area contributed by atoms with Crippen molar-refractivity contribution < 1.29 is 22.8 Å². The highest BCUT2D eigenvalue weighted by Gasteiger charge is 2.35. The molecule has 0 unspecified atom stereocenters. The van der Waals surface area contributed by atoms with Gasteiger partial charge in [0.05, 0.1) is 18.2 Å². The van der Waals surface area contributed by atoms with E-state index in [9.17, 15) is 27.6 Å². The zero-order chi connectivity index (χ0) is 26.7. The Morgan fingerprint density at radius 2 is 1.76 bits per heavy atom. The lowest BCUT2D eigenvalue weighted by Gasteiger charge is -2.46. The summed E-state index contributed by atoms with van der Waals surface area (Å²) in [5.41, 5.74) is 0.188. The van der Waals surface area contributed by atoms with Gasteiger partial charge in [0.2, 0.25) is 5.91 Å². The molecule has 0 spiro atoms. The number of amides is 2. The van der Waals surface area contributed by atoms with Gasteiger partial charge < -0.3 is 15.2 Å². The van der Waals surface area contributed by atoms with Crippen LogP contribution in [0.1, 0.15) is 73.0 Å². The molecule has 2 aliphatic rings. The number of likely N-dealkylation sites (tertiary alicyclic amines) is 1. The molecule has 2 fully saturated rings. The SMILES string of the molecule is CC(C)n1cc(C2CCC(N3CC(NC(=O)CNC(=O)c4cccc(C(F)(F)F)c4)C3)CC2)ccc1=O. The Morgan fingerprint density at radius 3 is 2.41 bits per heavy atom. The maximum absolute atomic E-state index is 12.8. The van der Waals surface area contributed by atoms with Gasteiger partial charge in [-0.1, -0.05) is 12.1 Å². The van der Waals surface area contributed by atoms with E-state index in [4.69, 9.17) is 0 Å². The van der Waals surface area contributed by atoms with Crippen LogP contribution in [-0.2, 0) is 11.0 Å². The van der Waals surface area contributed by atoms with E-state index in [0.29, 0.717) is 12.0 Å². The van der Waals surface area contributed by atoms with E-state index in [-0.39, 0.29) is 35.7 Å². The third-order valence-electron chi connectivity index (χ3n) is 7.34. The topological polar surface area (TPSA) is 83.4 Å². The van der Waals surface area contributed by atoms with E-state index < -0.39 is 17.6 Å². The van der Waals surface area contributed by atoms with E-state index in [1.807, 2.05) is 26.1 Å². The van der Waals surface area contributed by atoms with Crippen LogP contribution >= 0.6 is 0 Å². The smallest absolute Gasteiger partial charge is 0.349 e. The largest absolute Gasteiger partial charge is 0.416 e. The van der Waals surface area contributed by atoms with Crippen LogP contribution in [0, 0.1) is 0 Å². The zero-order valence-corrected chi connectivity index (χ0v) is 21.1. The summed E-state index contributed by atoms with van der Waals surface area (Å²) in [6.45, 7) is 5.19. The van der Waals surface area contributed by atoms with Crippen molar-refractivity contribution in [1.82, 2.24) is 20.1 Å². The summed E-state index contributed by atoms with van der Waals surface area (Å²) in [6.07, 6.45) is 1.67. The number of nitrogens with one attached hydrogen (secondary N) is 2. The van der Waals surface area contributed by atoms with E-state index in [1.54, 1.807) is 10.6 Å². The summed E-state index contributed by atoms with van der Waals surface area (Å²) in [4.78, 5) is 38.8. The summed E-state index contributed by atoms with van der Waals surface area (Å²) in [7, 11) is 0. The van der Waals surface area contributed by atoms with Gasteiger partial charge in [0.1, 0.15) is 0 Å². The minimum Gasteiger partial charge on any atom is -0.349 e. The number of carbonyl (C=O) groups is 2. The first-order valence-electron chi connectivity index (χ1n) is 12.7. The lowest BCUT2D eigenvalue weighted by Crippen LogP contribution is -2.63. The van der Waals surface area contributed by atoms with Crippen LogP contribution in [0.15, 0.2) is 47.4 Å². The molecule has 200 valence electrons. The minimum absolute atomic E-state index is 0.00900. The quantitative estimate of drug-likeness (QED) is 0.586. The van der Waals surface area contributed by atoms with E-state index >= 15 is 0 Å². The fourth-order valence-electron chi connectivity index (χ4n) is 5.22. The van der Waals surface area contributed by atoms with E-state index in [2.05, 4.69) is 15.5 Å². The van der Waals surface area contributed by atoms with Crippen molar-refractivity contribution in [3.63, 3.8) is 0 Å². The third-order valence-corrected chi connectivity index (χ3v) is 7.34. The molecule has 1 aromatic heterocycles. The Labute approximate surface area is 214 Å². The molecular formula is C27H33F3N4O3. The highest BCUT2D eigenvalue weighted by Crippen LogP contribution is 2.36. The van der Waals surface area contributed by atoms with Gasteiger partial charge >= 0.3 is 6.18 Å². The fourth-order valence-corrected chi connectivity index (χ4v) is 5.22. The third kappa shape index (κ3) is 6.60. The maximum Gasteiger partial charge on any atom is 0.416 e. The molecule has 1 aromatic carbocycles. The molecule has 1 saturated heterocycles. The number of alkyl halides is 3. The Balaban J connectivity index is 1.18. The van der Waals surface area contributed by atoms with Crippen LogP contribution in [0.5, 0.6) is 0 Å². The second kappa shape index (κ2) is 11.1. The van der Waals surface area contributed by atoms with Crippen molar-refractivity contribution >= 4 is 11.8 Å². The molecule has 2 aromatic rings. The van der Waals surface area contributed by atoms with Crippen LogP contribution in [-0.4, -0.2) is 53.0 Å². The van der Waals surface area contributed by atoms with E-state index in [0.717, 1.165) is 57.0 Å². The highest BCUT2D eigenvalue weighted by molar-refractivity contribution is 5.96. The average Bonchev–Trinajstić information content (AvgIpc) is 2.84. The molecule has 0 atom stereocenters. The minimum atomic E-state index is -4.54. The predicted molar refractivity (Wildman–Crippen MR) is 133 cm³/mol. The first-order chi connectivity index (χ1) is 17.5. The predicted octanol–water partition coefficient (Wildman–Crippen LogP) is 3.70. The number of hydrogen-bond acceptors (Lipinski definition) is 4. The molecule has 1 aliphatic carbocycles. The summed E-state index contributed by atoms with van der Waals surface area (Å²) in [5, 5.41) is 5.26.